The second-order valence-corrected chi connectivity index (χ2v) is 9.99. The number of rotatable bonds is 5. The second kappa shape index (κ2) is 8.64. The van der Waals surface area contributed by atoms with Gasteiger partial charge in [0.15, 0.2) is 0 Å². The third-order valence-electron chi connectivity index (χ3n) is 6.04. The molecule has 0 radical (unpaired) electrons. The number of phenolic OH excluding ortho intramolecular Hbond substituents is 1. The molecule has 0 atom stereocenters. The predicted octanol–water partition coefficient (Wildman–Crippen LogP) is 2.94. The maximum absolute atomic E-state index is 10.6. The SMILES string of the molecule is CN(c1ncc(-c2ccc(-c3cc(CO)ncn3)cc2O)nn1)C1CC(C)(C)NC(C)(C)C1. The van der Waals surface area contributed by atoms with E-state index in [9.17, 15) is 10.2 Å². The zero-order valence-electron chi connectivity index (χ0n) is 19.7. The van der Waals surface area contributed by atoms with Gasteiger partial charge in [-0.3, -0.25) is 0 Å². The third kappa shape index (κ3) is 5.09. The number of nitrogens with zero attached hydrogens (tertiary/aromatic N) is 6. The van der Waals surface area contributed by atoms with Crippen LogP contribution in [0, 0.1) is 0 Å². The van der Waals surface area contributed by atoms with Crippen molar-refractivity contribution in [3.05, 3.63) is 42.5 Å². The molecule has 1 aliphatic heterocycles. The van der Waals surface area contributed by atoms with E-state index in [0.29, 0.717) is 34.2 Å². The van der Waals surface area contributed by atoms with Crippen LogP contribution in [0.4, 0.5) is 5.95 Å². The lowest BCUT2D eigenvalue weighted by Crippen LogP contribution is -2.62. The summed E-state index contributed by atoms with van der Waals surface area (Å²) in [5.74, 6) is 0.613. The highest BCUT2D eigenvalue weighted by Crippen LogP contribution is 2.34. The molecule has 3 heterocycles. The third-order valence-corrected chi connectivity index (χ3v) is 6.04. The lowest BCUT2D eigenvalue weighted by atomic mass is 9.79. The Labute approximate surface area is 194 Å². The Morgan fingerprint density at radius 2 is 1.73 bits per heavy atom. The fourth-order valence-electron chi connectivity index (χ4n) is 4.81. The van der Waals surface area contributed by atoms with Crippen LogP contribution in [-0.4, -0.2) is 59.5 Å². The predicted molar refractivity (Wildman–Crippen MR) is 127 cm³/mol. The van der Waals surface area contributed by atoms with Gasteiger partial charge >= 0.3 is 0 Å². The maximum Gasteiger partial charge on any atom is 0.245 e. The van der Waals surface area contributed by atoms with Gasteiger partial charge in [0.2, 0.25) is 5.95 Å². The molecule has 3 aromatic rings. The molecular weight excluding hydrogens is 418 g/mol. The first-order valence-electron chi connectivity index (χ1n) is 11.0. The highest BCUT2D eigenvalue weighted by molar-refractivity contribution is 5.72. The quantitative estimate of drug-likeness (QED) is 0.540. The largest absolute Gasteiger partial charge is 0.507 e. The van der Waals surface area contributed by atoms with Crippen molar-refractivity contribution in [1.29, 1.82) is 0 Å². The summed E-state index contributed by atoms with van der Waals surface area (Å²) in [7, 11) is 2.01. The van der Waals surface area contributed by atoms with E-state index in [4.69, 9.17) is 0 Å². The zero-order valence-corrected chi connectivity index (χ0v) is 19.7. The van der Waals surface area contributed by atoms with Crippen molar-refractivity contribution in [3.63, 3.8) is 0 Å². The molecule has 1 aliphatic rings. The molecule has 1 aromatic carbocycles. The molecule has 0 saturated carbocycles. The second-order valence-electron chi connectivity index (χ2n) is 9.99. The van der Waals surface area contributed by atoms with E-state index in [1.807, 2.05) is 13.1 Å². The number of hydrogen-bond donors (Lipinski definition) is 3. The maximum atomic E-state index is 10.6. The van der Waals surface area contributed by atoms with Crippen molar-refractivity contribution in [2.75, 3.05) is 11.9 Å². The molecule has 0 bridgehead atoms. The van der Waals surface area contributed by atoms with E-state index in [1.165, 1.54) is 6.33 Å². The minimum atomic E-state index is -0.173. The molecule has 9 nitrogen and oxygen atoms in total. The number of aliphatic hydroxyl groups is 1. The number of phenols is 1. The summed E-state index contributed by atoms with van der Waals surface area (Å²) in [5.41, 5.74) is 2.90. The number of hydrogen-bond acceptors (Lipinski definition) is 9. The van der Waals surface area contributed by atoms with Gasteiger partial charge in [-0.25, -0.2) is 15.0 Å². The minimum Gasteiger partial charge on any atom is -0.507 e. The number of aliphatic hydroxyl groups excluding tert-OH is 1. The zero-order chi connectivity index (χ0) is 23.8. The molecule has 1 saturated heterocycles. The van der Waals surface area contributed by atoms with Crippen molar-refractivity contribution in [2.24, 2.45) is 0 Å². The molecule has 4 rings (SSSR count). The van der Waals surface area contributed by atoms with Crippen LogP contribution in [0.15, 0.2) is 36.8 Å². The molecule has 2 aromatic heterocycles. The molecule has 0 spiro atoms. The lowest BCUT2D eigenvalue weighted by Gasteiger charge is -2.48. The molecule has 3 N–H and O–H groups in total. The Morgan fingerprint density at radius 3 is 2.33 bits per heavy atom. The van der Waals surface area contributed by atoms with Crippen LogP contribution in [0.5, 0.6) is 5.75 Å². The standard InChI is InChI=1S/C24H31N7O2/c1-23(2)10-17(11-24(3,4)30-23)31(5)22-25-12-20(28-29-22)18-7-6-15(8-21(18)33)19-9-16(13-32)26-14-27-19/h6-9,12,14,17,30,32-33H,10-11,13H2,1-5H3. The fraction of sp³-hybridized carbons (Fsp3) is 0.458. The number of aromatic hydroxyl groups is 1. The lowest BCUT2D eigenvalue weighted by molar-refractivity contribution is 0.160. The smallest absolute Gasteiger partial charge is 0.245 e. The number of piperidine rings is 1. The van der Waals surface area contributed by atoms with Gasteiger partial charge in [0, 0.05) is 35.3 Å². The van der Waals surface area contributed by atoms with Crippen LogP contribution in [0.2, 0.25) is 0 Å². The average Bonchev–Trinajstić information content (AvgIpc) is 2.76. The molecule has 0 amide bonds. The van der Waals surface area contributed by atoms with E-state index in [1.54, 1.807) is 24.4 Å². The molecule has 0 unspecified atom stereocenters. The molecule has 33 heavy (non-hydrogen) atoms. The van der Waals surface area contributed by atoms with Gasteiger partial charge in [-0.05, 0) is 58.7 Å². The number of nitrogens with one attached hydrogen (secondary N) is 1. The van der Waals surface area contributed by atoms with Crippen LogP contribution in [0.1, 0.15) is 46.2 Å². The number of anilines is 1. The first-order chi connectivity index (χ1) is 15.6. The highest BCUT2D eigenvalue weighted by Gasteiger charge is 2.39. The number of aromatic nitrogens is 5. The van der Waals surface area contributed by atoms with Gasteiger partial charge < -0.3 is 20.4 Å². The first kappa shape index (κ1) is 23.0. The Morgan fingerprint density at radius 1 is 1.00 bits per heavy atom. The van der Waals surface area contributed by atoms with Crippen molar-refractivity contribution < 1.29 is 10.2 Å². The van der Waals surface area contributed by atoms with Crippen molar-refractivity contribution in [2.45, 2.75) is 64.3 Å². The molecule has 174 valence electrons. The Balaban J connectivity index is 1.54. The van der Waals surface area contributed by atoms with Crippen LogP contribution in [-0.2, 0) is 6.61 Å². The van der Waals surface area contributed by atoms with Gasteiger partial charge in [0.1, 0.15) is 17.8 Å². The minimum absolute atomic E-state index is 0.0171. The van der Waals surface area contributed by atoms with Gasteiger partial charge in [-0.15, -0.1) is 10.2 Å². The summed E-state index contributed by atoms with van der Waals surface area (Å²) in [6.45, 7) is 8.70. The molecule has 9 heteroatoms. The summed E-state index contributed by atoms with van der Waals surface area (Å²) in [6.07, 6.45) is 4.98. The highest BCUT2D eigenvalue weighted by atomic mass is 16.3. The number of benzene rings is 1. The van der Waals surface area contributed by atoms with Crippen LogP contribution in [0.25, 0.3) is 22.5 Å². The normalized spacial score (nSPS) is 17.6. The van der Waals surface area contributed by atoms with E-state index < -0.39 is 0 Å². The van der Waals surface area contributed by atoms with Crippen molar-refractivity contribution in [3.8, 4) is 28.3 Å². The Hall–Kier alpha value is -3.17. The summed E-state index contributed by atoms with van der Waals surface area (Å²) in [5, 5.41) is 32.3. The summed E-state index contributed by atoms with van der Waals surface area (Å²) in [6, 6.07) is 7.18. The Kier molecular flexibility index (Phi) is 6.02. The summed E-state index contributed by atoms with van der Waals surface area (Å²) < 4.78 is 0. The van der Waals surface area contributed by atoms with E-state index in [0.717, 1.165) is 12.8 Å². The van der Waals surface area contributed by atoms with Crippen molar-refractivity contribution >= 4 is 5.95 Å². The van der Waals surface area contributed by atoms with Crippen molar-refractivity contribution in [1.82, 2.24) is 30.5 Å². The molecular formula is C24H31N7O2. The van der Waals surface area contributed by atoms with E-state index in [2.05, 4.69) is 63.1 Å². The van der Waals surface area contributed by atoms with Gasteiger partial charge in [-0.1, -0.05) is 6.07 Å². The topological polar surface area (TPSA) is 120 Å². The van der Waals surface area contributed by atoms with Gasteiger partial charge in [0.25, 0.3) is 0 Å². The van der Waals surface area contributed by atoms with E-state index >= 15 is 0 Å². The Bertz CT molecular complexity index is 1120. The van der Waals surface area contributed by atoms with Gasteiger partial charge in [-0.2, -0.15) is 0 Å². The van der Waals surface area contributed by atoms with Crippen LogP contribution < -0.4 is 10.2 Å². The average molecular weight is 450 g/mol. The summed E-state index contributed by atoms with van der Waals surface area (Å²) in [4.78, 5) is 14.8. The van der Waals surface area contributed by atoms with Crippen LogP contribution >= 0.6 is 0 Å². The fourth-order valence-corrected chi connectivity index (χ4v) is 4.81. The molecule has 1 fully saturated rings. The monoisotopic (exact) mass is 449 g/mol. The van der Waals surface area contributed by atoms with E-state index in [-0.39, 0.29) is 29.5 Å². The van der Waals surface area contributed by atoms with Gasteiger partial charge in [0.05, 0.1) is 24.2 Å². The molecule has 0 aliphatic carbocycles. The summed E-state index contributed by atoms with van der Waals surface area (Å²) >= 11 is 0. The first-order valence-corrected chi connectivity index (χ1v) is 11.0. The van der Waals surface area contributed by atoms with Crippen LogP contribution in [0.3, 0.4) is 0 Å².